The quantitative estimate of drug-likeness (QED) is 0.173. The van der Waals surface area contributed by atoms with Crippen LogP contribution in [0.2, 0.25) is 5.02 Å². The van der Waals surface area contributed by atoms with Gasteiger partial charge in [-0.2, -0.15) is 5.10 Å². The lowest BCUT2D eigenvalue weighted by atomic mass is 10.2. The van der Waals surface area contributed by atoms with E-state index in [2.05, 4.69) is 22.0 Å². The second-order valence-corrected chi connectivity index (χ2v) is 8.97. The Morgan fingerprint density at radius 3 is 2.65 bits per heavy atom. The van der Waals surface area contributed by atoms with Crippen LogP contribution in [0, 0.1) is 0 Å². The number of carbonyl (C=O) groups excluding carboxylic acids is 1. The summed E-state index contributed by atoms with van der Waals surface area (Å²) in [5, 5.41) is 5.55. The maximum atomic E-state index is 12.4. The zero-order valence-electron chi connectivity index (χ0n) is 18.8. The maximum Gasteiger partial charge on any atom is 0.250 e. The van der Waals surface area contributed by atoms with Crippen molar-refractivity contribution in [3.63, 3.8) is 0 Å². The van der Waals surface area contributed by atoms with Gasteiger partial charge in [-0.25, -0.2) is 10.4 Å². The normalized spacial score (nSPS) is 11.2. The van der Waals surface area contributed by atoms with Crippen molar-refractivity contribution in [1.29, 1.82) is 0 Å². The lowest BCUT2D eigenvalue weighted by Gasteiger charge is -2.09. The molecule has 0 bridgehead atoms. The lowest BCUT2D eigenvalue weighted by Crippen LogP contribution is -2.20. The molecule has 6 nitrogen and oxygen atoms in total. The third-order valence-electron chi connectivity index (χ3n) is 4.96. The van der Waals surface area contributed by atoms with Gasteiger partial charge in [0.2, 0.25) is 0 Å². The fourth-order valence-corrected chi connectivity index (χ4v) is 4.23. The van der Waals surface area contributed by atoms with E-state index in [-0.39, 0.29) is 11.7 Å². The molecular weight excluding hydrogens is 468 g/mol. The smallest absolute Gasteiger partial charge is 0.250 e. The Bertz CT molecular complexity index is 1270. The number of hydrazone groups is 1. The molecule has 0 unspecified atom stereocenters. The third kappa shape index (κ3) is 6.40. The SMILES string of the molecule is CCCOc1ccc(/C=N/NC(=O)CSc2nc3ccccc3n2Cc2ccc(Cl)cc2)cc1. The van der Waals surface area contributed by atoms with Crippen molar-refractivity contribution in [2.75, 3.05) is 12.4 Å². The number of benzene rings is 3. The number of carbonyl (C=O) groups is 1. The van der Waals surface area contributed by atoms with Crippen molar-refractivity contribution in [2.45, 2.75) is 25.0 Å². The van der Waals surface area contributed by atoms with E-state index in [4.69, 9.17) is 21.3 Å². The van der Waals surface area contributed by atoms with Crippen LogP contribution < -0.4 is 10.2 Å². The number of halogens is 1. The van der Waals surface area contributed by atoms with Crippen molar-refractivity contribution in [3.8, 4) is 5.75 Å². The standard InChI is InChI=1S/C26H25ClN4O2S/c1-2-15-33-22-13-9-19(10-14-22)16-28-30-25(32)18-34-26-29-23-5-3-4-6-24(23)31(26)17-20-7-11-21(27)12-8-20/h3-14,16H,2,15,17-18H2,1H3,(H,30,32)/b28-16+. The molecule has 1 amide bonds. The zero-order chi connectivity index (χ0) is 23.8. The first-order valence-corrected chi connectivity index (χ1v) is 12.4. The predicted molar refractivity (Wildman–Crippen MR) is 139 cm³/mol. The van der Waals surface area contributed by atoms with E-state index in [1.807, 2.05) is 72.8 Å². The first-order chi connectivity index (χ1) is 16.6. The third-order valence-corrected chi connectivity index (χ3v) is 6.19. The Hall–Kier alpha value is -3.29. The molecule has 0 spiro atoms. The molecule has 0 aliphatic carbocycles. The van der Waals surface area contributed by atoms with Crippen molar-refractivity contribution >= 4 is 46.5 Å². The highest BCUT2D eigenvalue weighted by Gasteiger charge is 2.13. The number of amides is 1. The molecule has 8 heteroatoms. The first-order valence-electron chi connectivity index (χ1n) is 11.0. The molecule has 4 aromatic rings. The summed E-state index contributed by atoms with van der Waals surface area (Å²) < 4.78 is 7.68. The van der Waals surface area contributed by atoms with Crippen LogP contribution in [0.4, 0.5) is 0 Å². The first kappa shape index (κ1) is 23.9. The Morgan fingerprint density at radius 2 is 1.88 bits per heavy atom. The molecule has 3 aromatic carbocycles. The van der Waals surface area contributed by atoms with Crippen LogP contribution in [0.25, 0.3) is 11.0 Å². The maximum absolute atomic E-state index is 12.4. The van der Waals surface area contributed by atoms with Crippen molar-refractivity contribution in [2.24, 2.45) is 5.10 Å². The summed E-state index contributed by atoms with van der Waals surface area (Å²) in [6.45, 7) is 3.39. The number of para-hydroxylation sites is 2. The topological polar surface area (TPSA) is 68.5 Å². The monoisotopic (exact) mass is 492 g/mol. The average molecular weight is 493 g/mol. The summed E-state index contributed by atoms with van der Waals surface area (Å²) >= 11 is 7.41. The van der Waals surface area contributed by atoms with E-state index in [0.29, 0.717) is 18.2 Å². The van der Waals surface area contributed by atoms with Crippen molar-refractivity contribution < 1.29 is 9.53 Å². The second kappa shape index (κ2) is 11.7. The van der Waals surface area contributed by atoms with Crippen molar-refractivity contribution in [3.05, 3.63) is 88.9 Å². The molecule has 174 valence electrons. The lowest BCUT2D eigenvalue weighted by molar-refractivity contribution is -0.118. The number of rotatable bonds is 10. The van der Waals surface area contributed by atoms with Gasteiger partial charge < -0.3 is 9.30 Å². The highest BCUT2D eigenvalue weighted by Crippen LogP contribution is 2.25. The van der Waals surface area contributed by atoms with Crippen LogP contribution in [0.1, 0.15) is 24.5 Å². The molecule has 1 heterocycles. The van der Waals surface area contributed by atoms with E-state index in [1.165, 1.54) is 11.8 Å². The van der Waals surface area contributed by atoms with Gasteiger partial charge in [-0.1, -0.05) is 54.6 Å². The number of nitrogens with one attached hydrogen (secondary N) is 1. The van der Waals surface area contributed by atoms with Crippen molar-refractivity contribution in [1.82, 2.24) is 15.0 Å². The van der Waals surface area contributed by atoms with Crippen LogP contribution in [-0.2, 0) is 11.3 Å². The van der Waals surface area contributed by atoms with E-state index in [9.17, 15) is 4.79 Å². The van der Waals surface area contributed by atoms with Gasteiger partial charge >= 0.3 is 0 Å². The number of imidazole rings is 1. The fraction of sp³-hybridized carbons (Fsp3) is 0.192. The molecule has 34 heavy (non-hydrogen) atoms. The molecule has 1 aromatic heterocycles. The van der Waals surface area contributed by atoms with E-state index in [1.54, 1.807) is 6.21 Å². The predicted octanol–water partition coefficient (Wildman–Crippen LogP) is 5.77. The molecule has 4 rings (SSSR count). The highest BCUT2D eigenvalue weighted by molar-refractivity contribution is 7.99. The number of fused-ring (bicyclic) bond motifs is 1. The Morgan fingerprint density at radius 1 is 1.12 bits per heavy atom. The van der Waals surface area contributed by atoms with Crippen LogP contribution in [-0.4, -0.2) is 34.0 Å². The van der Waals surface area contributed by atoms with Gasteiger partial charge in [0.05, 0.1) is 36.2 Å². The minimum Gasteiger partial charge on any atom is -0.494 e. The van der Waals surface area contributed by atoms with Crippen LogP contribution in [0.15, 0.2) is 83.1 Å². The van der Waals surface area contributed by atoms with E-state index < -0.39 is 0 Å². The van der Waals surface area contributed by atoms with Gasteiger partial charge in [0.1, 0.15) is 5.75 Å². The van der Waals surface area contributed by atoms with Gasteiger partial charge in [0, 0.05) is 5.02 Å². The van der Waals surface area contributed by atoms with Crippen LogP contribution in [0.3, 0.4) is 0 Å². The molecule has 1 N–H and O–H groups in total. The molecule has 0 fully saturated rings. The highest BCUT2D eigenvalue weighted by atomic mass is 35.5. The van der Waals surface area contributed by atoms with Crippen LogP contribution in [0.5, 0.6) is 5.75 Å². The zero-order valence-corrected chi connectivity index (χ0v) is 20.4. The Labute approximate surface area is 208 Å². The van der Waals surface area contributed by atoms with Gasteiger partial charge in [-0.15, -0.1) is 0 Å². The summed E-state index contributed by atoms with van der Waals surface area (Å²) in [6.07, 6.45) is 2.58. The number of nitrogens with zero attached hydrogens (tertiary/aromatic N) is 3. The number of aromatic nitrogens is 2. The molecule has 0 aliphatic heterocycles. The molecule has 0 aliphatic rings. The Balaban J connectivity index is 1.37. The molecule has 0 saturated carbocycles. The summed E-state index contributed by atoms with van der Waals surface area (Å²) in [7, 11) is 0. The summed E-state index contributed by atoms with van der Waals surface area (Å²) in [5.74, 6) is 0.820. The van der Waals surface area contributed by atoms with Gasteiger partial charge in [-0.05, 0) is 66.1 Å². The molecular formula is C26H25ClN4O2S. The number of hydrogen-bond acceptors (Lipinski definition) is 5. The van der Waals surface area contributed by atoms with E-state index >= 15 is 0 Å². The summed E-state index contributed by atoms with van der Waals surface area (Å²) in [6, 6.07) is 23.3. The molecule has 0 radical (unpaired) electrons. The van der Waals surface area contributed by atoms with Gasteiger partial charge in [0.25, 0.3) is 5.91 Å². The Kier molecular flexibility index (Phi) is 8.22. The summed E-state index contributed by atoms with van der Waals surface area (Å²) in [4.78, 5) is 17.1. The minimum atomic E-state index is -0.200. The molecule has 0 atom stereocenters. The number of hydrogen-bond donors (Lipinski definition) is 1. The van der Waals surface area contributed by atoms with Crippen LogP contribution >= 0.6 is 23.4 Å². The molecule has 0 saturated heterocycles. The fourth-order valence-electron chi connectivity index (χ4n) is 3.30. The van der Waals surface area contributed by atoms with E-state index in [0.717, 1.165) is 39.5 Å². The average Bonchev–Trinajstić information content (AvgIpc) is 3.21. The minimum absolute atomic E-state index is 0.199. The van der Waals surface area contributed by atoms with Gasteiger partial charge in [0.15, 0.2) is 5.16 Å². The largest absolute Gasteiger partial charge is 0.494 e. The second-order valence-electron chi connectivity index (χ2n) is 7.60. The summed E-state index contributed by atoms with van der Waals surface area (Å²) in [5.41, 5.74) is 6.48. The van der Waals surface area contributed by atoms with Gasteiger partial charge in [-0.3, -0.25) is 4.79 Å². The number of ether oxygens (including phenoxy) is 1. The number of thioether (sulfide) groups is 1.